The molecule has 0 aliphatic carbocycles. The summed E-state index contributed by atoms with van der Waals surface area (Å²) in [4.78, 5) is 10.4. The molecule has 1 aliphatic rings. The molecule has 0 amide bonds. The Hall–Kier alpha value is 0.370. The number of carbonyl (C=O) groups excluding carboxylic acids is 1. The standard InChI is InChI=1S/C4H6OS2/c5-4-2-1-3-6-7-4/h1-3H2. The van der Waals surface area contributed by atoms with Crippen LogP contribution in [0.5, 0.6) is 0 Å². The first-order chi connectivity index (χ1) is 3.39. The van der Waals surface area contributed by atoms with E-state index in [-0.39, 0.29) is 0 Å². The fraction of sp³-hybridized carbons (Fsp3) is 0.750. The van der Waals surface area contributed by atoms with Gasteiger partial charge in [-0.1, -0.05) is 10.8 Å². The number of rotatable bonds is 0. The van der Waals surface area contributed by atoms with Crippen molar-refractivity contribution in [3.05, 3.63) is 0 Å². The van der Waals surface area contributed by atoms with Crippen LogP contribution >= 0.6 is 21.6 Å². The summed E-state index contributed by atoms with van der Waals surface area (Å²) in [6.45, 7) is 0. The van der Waals surface area contributed by atoms with E-state index in [9.17, 15) is 4.79 Å². The minimum Gasteiger partial charge on any atom is -0.286 e. The van der Waals surface area contributed by atoms with Gasteiger partial charge in [-0.15, -0.1) is 0 Å². The van der Waals surface area contributed by atoms with E-state index in [0.717, 1.165) is 18.6 Å². The second kappa shape index (κ2) is 2.62. The van der Waals surface area contributed by atoms with Crippen LogP contribution in [-0.2, 0) is 4.79 Å². The third-order valence-corrected chi connectivity index (χ3v) is 3.13. The average Bonchev–Trinajstić information content (AvgIpc) is 1.69. The summed E-state index contributed by atoms with van der Waals surface area (Å²) in [6.07, 6.45) is 1.87. The molecule has 0 N–H and O–H groups in total. The van der Waals surface area contributed by atoms with Crippen molar-refractivity contribution in [2.75, 3.05) is 5.75 Å². The molecule has 7 heavy (non-hydrogen) atoms. The fourth-order valence-corrected chi connectivity index (χ4v) is 2.38. The van der Waals surface area contributed by atoms with E-state index in [1.54, 1.807) is 10.8 Å². The van der Waals surface area contributed by atoms with E-state index in [2.05, 4.69) is 0 Å². The molecule has 0 spiro atoms. The van der Waals surface area contributed by atoms with Crippen molar-refractivity contribution in [1.82, 2.24) is 0 Å². The highest BCUT2D eigenvalue weighted by Gasteiger charge is 2.07. The number of hydrogen-bond donors (Lipinski definition) is 0. The average molecular weight is 134 g/mol. The molecule has 0 bridgehead atoms. The van der Waals surface area contributed by atoms with Crippen molar-refractivity contribution in [3.63, 3.8) is 0 Å². The van der Waals surface area contributed by atoms with E-state index < -0.39 is 0 Å². The van der Waals surface area contributed by atoms with Crippen LogP contribution in [0.15, 0.2) is 0 Å². The second-order valence-electron chi connectivity index (χ2n) is 1.38. The molecule has 0 aromatic carbocycles. The number of carbonyl (C=O) groups is 1. The van der Waals surface area contributed by atoms with Crippen molar-refractivity contribution < 1.29 is 4.79 Å². The minimum atomic E-state index is 0.344. The third-order valence-electron chi connectivity index (χ3n) is 0.760. The lowest BCUT2D eigenvalue weighted by Crippen LogP contribution is -1.95. The van der Waals surface area contributed by atoms with E-state index in [0.29, 0.717) is 5.12 Å². The molecule has 0 unspecified atom stereocenters. The zero-order valence-electron chi connectivity index (χ0n) is 3.85. The van der Waals surface area contributed by atoms with E-state index >= 15 is 0 Å². The van der Waals surface area contributed by atoms with Crippen LogP contribution in [0, 0.1) is 0 Å². The Morgan fingerprint density at radius 3 is 2.71 bits per heavy atom. The largest absolute Gasteiger partial charge is 0.286 e. The summed E-state index contributed by atoms with van der Waals surface area (Å²) >= 11 is 0. The van der Waals surface area contributed by atoms with Gasteiger partial charge in [0.25, 0.3) is 0 Å². The SMILES string of the molecule is O=C1CCCSS1. The number of hydrogen-bond acceptors (Lipinski definition) is 3. The zero-order chi connectivity index (χ0) is 5.11. The first kappa shape index (κ1) is 5.51. The summed E-state index contributed by atoms with van der Waals surface area (Å²) in [6, 6.07) is 0. The summed E-state index contributed by atoms with van der Waals surface area (Å²) in [5.74, 6) is 1.15. The summed E-state index contributed by atoms with van der Waals surface area (Å²) < 4.78 is 0. The van der Waals surface area contributed by atoms with Crippen LogP contribution in [0.1, 0.15) is 12.8 Å². The zero-order valence-corrected chi connectivity index (χ0v) is 5.48. The Kier molecular flexibility index (Phi) is 2.06. The lowest BCUT2D eigenvalue weighted by molar-refractivity contribution is -0.110. The van der Waals surface area contributed by atoms with Crippen molar-refractivity contribution in [1.29, 1.82) is 0 Å². The molecule has 0 aromatic heterocycles. The van der Waals surface area contributed by atoms with Crippen LogP contribution < -0.4 is 0 Å². The molecule has 40 valence electrons. The maximum atomic E-state index is 10.4. The molecule has 1 saturated heterocycles. The van der Waals surface area contributed by atoms with Gasteiger partial charge in [0.2, 0.25) is 0 Å². The first-order valence-corrected chi connectivity index (χ1v) is 4.54. The summed E-state index contributed by atoms with van der Waals surface area (Å²) in [5.41, 5.74) is 0. The molecule has 0 radical (unpaired) electrons. The van der Waals surface area contributed by atoms with Crippen molar-refractivity contribution in [3.8, 4) is 0 Å². The predicted octanol–water partition coefficient (Wildman–Crippen LogP) is 1.69. The van der Waals surface area contributed by atoms with Crippen LogP contribution in [0.3, 0.4) is 0 Å². The molecule has 1 fully saturated rings. The van der Waals surface area contributed by atoms with Crippen molar-refractivity contribution >= 4 is 26.7 Å². The molecule has 1 aliphatic heterocycles. The quantitative estimate of drug-likeness (QED) is 0.469. The molecule has 0 saturated carbocycles. The first-order valence-electron chi connectivity index (χ1n) is 2.22. The van der Waals surface area contributed by atoms with Crippen molar-refractivity contribution in [2.24, 2.45) is 0 Å². The van der Waals surface area contributed by atoms with Gasteiger partial charge in [-0.05, 0) is 17.2 Å². The van der Waals surface area contributed by atoms with Gasteiger partial charge in [0.1, 0.15) is 0 Å². The maximum absolute atomic E-state index is 10.4. The lowest BCUT2D eigenvalue weighted by atomic mass is 10.4. The van der Waals surface area contributed by atoms with Gasteiger partial charge in [0, 0.05) is 12.2 Å². The minimum absolute atomic E-state index is 0.344. The van der Waals surface area contributed by atoms with Gasteiger partial charge in [0.05, 0.1) is 0 Å². The van der Waals surface area contributed by atoms with E-state index in [4.69, 9.17) is 0 Å². The van der Waals surface area contributed by atoms with Gasteiger partial charge in [-0.2, -0.15) is 0 Å². The van der Waals surface area contributed by atoms with Crippen LogP contribution in [0.25, 0.3) is 0 Å². The maximum Gasteiger partial charge on any atom is 0.199 e. The Morgan fingerprint density at radius 2 is 2.43 bits per heavy atom. The Bertz CT molecular complexity index is 73.8. The fourth-order valence-electron chi connectivity index (χ4n) is 0.424. The van der Waals surface area contributed by atoms with E-state index in [1.165, 1.54) is 10.8 Å². The third kappa shape index (κ3) is 1.74. The Morgan fingerprint density at radius 1 is 1.57 bits per heavy atom. The molecule has 3 heteroatoms. The normalized spacial score (nSPS) is 22.6. The highest BCUT2D eigenvalue weighted by Crippen LogP contribution is 2.29. The summed E-state index contributed by atoms with van der Waals surface area (Å²) in [5, 5.41) is 0.344. The van der Waals surface area contributed by atoms with E-state index in [1.807, 2.05) is 0 Å². The molecule has 1 heterocycles. The molecule has 1 nitrogen and oxygen atoms in total. The van der Waals surface area contributed by atoms with Crippen LogP contribution in [0.2, 0.25) is 0 Å². The van der Waals surface area contributed by atoms with Gasteiger partial charge >= 0.3 is 0 Å². The van der Waals surface area contributed by atoms with Crippen LogP contribution in [0.4, 0.5) is 0 Å². The van der Waals surface area contributed by atoms with Gasteiger partial charge < -0.3 is 0 Å². The molecule has 1 rings (SSSR count). The Labute approximate surface area is 50.6 Å². The molecular formula is C4H6OS2. The molecule has 0 aromatic rings. The second-order valence-corrected chi connectivity index (χ2v) is 3.85. The topological polar surface area (TPSA) is 17.1 Å². The smallest absolute Gasteiger partial charge is 0.199 e. The van der Waals surface area contributed by atoms with Gasteiger partial charge in [0.15, 0.2) is 5.12 Å². The van der Waals surface area contributed by atoms with Crippen molar-refractivity contribution in [2.45, 2.75) is 12.8 Å². The molecule has 0 atom stereocenters. The van der Waals surface area contributed by atoms with Gasteiger partial charge in [-0.25, -0.2) is 0 Å². The lowest BCUT2D eigenvalue weighted by Gasteiger charge is -2.03. The Balaban J connectivity index is 2.25. The highest BCUT2D eigenvalue weighted by atomic mass is 33.1. The predicted molar refractivity (Wildman–Crippen MR) is 34.3 cm³/mol. The molecular weight excluding hydrogens is 128 g/mol. The highest BCUT2D eigenvalue weighted by molar-refractivity contribution is 8.82. The van der Waals surface area contributed by atoms with Crippen LogP contribution in [-0.4, -0.2) is 10.9 Å². The summed E-state index contributed by atoms with van der Waals surface area (Å²) in [7, 11) is 3.07. The van der Waals surface area contributed by atoms with Gasteiger partial charge in [-0.3, -0.25) is 4.79 Å². The monoisotopic (exact) mass is 134 g/mol.